The lowest BCUT2D eigenvalue weighted by Gasteiger charge is -2.03. The molecular weight excluding hydrogens is 345 g/mol. The summed E-state index contributed by atoms with van der Waals surface area (Å²) in [6.07, 6.45) is 4.16. The van der Waals surface area contributed by atoms with E-state index in [0.717, 1.165) is 24.2 Å². The lowest BCUT2D eigenvalue weighted by Crippen LogP contribution is -2.15. The summed E-state index contributed by atoms with van der Waals surface area (Å²) in [5.74, 6) is 0.449. The third-order valence-corrected chi connectivity index (χ3v) is 4.48. The Balaban J connectivity index is 2.10. The van der Waals surface area contributed by atoms with Gasteiger partial charge in [0, 0.05) is 11.6 Å². The van der Waals surface area contributed by atoms with Crippen LogP contribution in [0.5, 0.6) is 0 Å². The van der Waals surface area contributed by atoms with Crippen molar-refractivity contribution in [1.82, 2.24) is 5.32 Å². The molecule has 1 saturated carbocycles. The van der Waals surface area contributed by atoms with Gasteiger partial charge in [0.2, 0.25) is 0 Å². The van der Waals surface area contributed by atoms with Crippen molar-refractivity contribution in [2.75, 3.05) is 0 Å². The number of hydrogen-bond donors (Lipinski definition) is 1. The predicted octanol–water partition coefficient (Wildman–Crippen LogP) is 5.19. The van der Waals surface area contributed by atoms with Crippen molar-refractivity contribution in [2.45, 2.75) is 45.2 Å². The van der Waals surface area contributed by atoms with Gasteiger partial charge in [-0.3, -0.25) is 0 Å². The minimum atomic E-state index is -0.380. The van der Waals surface area contributed by atoms with Gasteiger partial charge in [-0.05, 0) is 41.3 Å². The van der Waals surface area contributed by atoms with Gasteiger partial charge in [-0.25, -0.2) is 4.39 Å². The largest absolute Gasteiger partial charge is 0.458 e. The van der Waals surface area contributed by atoms with Crippen LogP contribution in [0.15, 0.2) is 15.0 Å². The molecule has 0 saturated heterocycles. The SMILES string of the molecule is CCCc1c(CNC2CC2)oc2c(Br)cc(Cl)c(F)c12. The fraction of sp³-hybridized carbons (Fsp3) is 0.467. The molecule has 108 valence electrons. The highest BCUT2D eigenvalue weighted by molar-refractivity contribution is 9.10. The standard InChI is InChI=1S/C15H16BrClFNO/c1-2-3-9-12(7-19-8-4-5-8)20-15-10(16)6-11(17)14(18)13(9)15/h6,8,19H,2-5,7H2,1H3. The summed E-state index contributed by atoms with van der Waals surface area (Å²) in [6, 6.07) is 2.14. The van der Waals surface area contributed by atoms with Crippen LogP contribution < -0.4 is 5.32 Å². The fourth-order valence-corrected chi connectivity index (χ4v) is 3.30. The summed E-state index contributed by atoms with van der Waals surface area (Å²) in [6.45, 7) is 2.73. The zero-order valence-corrected chi connectivity index (χ0v) is 13.6. The molecule has 2 aromatic rings. The molecule has 1 aromatic heterocycles. The second kappa shape index (κ2) is 5.66. The van der Waals surface area contributed by atoms with Gasteiger partial charge in [0.25, 0.3) is 0 Å². The van der Waals surface area contributed by atoms with E-state index < -0.39 is 0 Å². The van der Waals surface area contributed by atoms with Crippen molar-refractivity contribution in [3.8, 4) is 0 Å². The van der Waals surface area contributed by atoms with Crippen LogP contribution in [0.1, 0.15) is 37.5 Å². The Morgan fingerprint density at radius 1 is 1.50 bits per heavy atom. The Morgan fingerprint density at radius 3 is 2.90 bits per heavy atom. The monoisotopic (exact) mass is 359 g/mol. The van der Waals surface area contributed by atoms with Crippen LogP contribution in [0.3, 0.4) is 0 Å². The van der Waals surface area contributed by atoms with Crippen LogP contribution in [-0.4, -0.2) is 6.04 Å². The molecule has 0 amide bonds. The van der Waals surface area contributed by atoms with E-state index in [-0.39, 0.29) is 10.8 Å². The van der Waals surface area contributed by atoms with Gasteiger partial charge in [0.05, 0.1) is 21.4 Å². The van der Waals surface area contributed by atoms with Gasteiger partial charge in [-0.2, -0.15) is 0 Å². The van der Waals surface area contributed by atoms with Crippen LogP contribution in [0.4, 0.5) is 4.39 Å². The summed E-state index contributed by atoms with van der Waals surface area (Å²) < 4.78 is 20.9. The van der Waals surface area contributed by atoms with E-state index >= 15 is 0 Å². The molecule has 1 N–H and O–H groups in total. The Bertz CT molecular complexity index is 651. The smallest absolute Gasteiger partial charge is 0.153 e. The average molecular weight is 361 g/mol. The van der Waals surface area contributed by atoms with E-state index in [9.17, 15) is 4.39 Å². The van der Waals surface area contributed by atoms with Crippen molar-refractivity contribution in [3.63, 3.8) is 0 Å². The normalized spacial score (nSPS) is 15.2. The maximum Gasteiger partial charge on any atom is 0.153 e. The van der Waals surface area contributed by atoms with Crippen LogP contribution in [0, 0.1) is 5.82 Å². The highest BCUT2D eigenvalue weighted by atomic mass is 79.9. The van der Waals surface area contributed by atoms with Crippen molar-refractivity contribution in [1.29, 1.82) is 0 Å². The summed E-state index contributed by atoms with van der Waals surface area (Å²) in [7, 11) is 0. The fourth-order valence-electron chi connectivity index (χ4n) is 2.45. The second-order valence-corrected chi connectivity index (χ2v) is 6.53. The van der Waals surface area contributed by atoms with Gasteiger partial charge in [-0.1, -0.05) is 24.9 Å². The Kier molecular flexibility index (Phi) is 4.07. The van der Waals surface area contributed by atoms with E-state index in [2.05, 4.69) is 28.2 Å². The van der Waals surface area contributed by atoms with Crippen LogP contribution in [0.2, 0.25) is 5.02 Å². The van der Waals surface area contributed by atoms with Crippen molar-refractivity contribution >= 4 is 38.5 Å². The molecule has 1 heterocycles. The molecular formula is C15H16BrClFNO. The van der Waals surface area contributed by atoms with E-state index in [1.165, 1.54) is 12.8 Å². The van der Waals surface area contributed by atoms with Gasteiger partial charge < -0.3 is 9.73 Å². The lowest BCUT2D eigenvalue weighted by molar-refractivity contribution is 0.504. The summed E-state index contributed by atoms with van der Waals surface area (Å²) in [4.78, 5) is 0. The zero-order valence-electron chi connectivity index (χ0n) is 11.2. The van der Waals surface area contributed by atoms with E-state index in [0.29, 0.717) is 28.0 Å². The molecule has 20 heavy (non-hydrogen) atoms. The van der Waals surface area contributed by atoms with Gasteiger partial charge in [0.15, 0.2) is 11.4 Å². The molecule has 0 radical (unpaired) electrons. The molecule has 1 aromatic carbocycles. The third kappa shape index (κ3) is 2.61. The molecule has 1 aliphatic carbocycles. The minimum absolute atomic E-state index is 0.129. The molecule has 0 aliphatic heterocycles. The minimum Gasteiger partial charge on any atom is -0.458 e. The third-order valence-electron chi connectivity index (χ3n) is 3.62. The van der Waals surface area contributed by atoms with Crippen molar-refractivity contribution in [2.24, 2.45) is 0 Å². The van der Waals surface area contributed by atoms with Gasteiger partial charge in [0.1, 0.15) is 5.76 Å². The first kappa shape index (κ1) is 14.4. The maximum atomic E-state index is 14.4. The van der Waals surface area contributed by atoms with E-state index in [1.807, 2.05) is 0 Å². The van der Waals surface area contributed by atoms with Gasteiger partial charge >= 0.3 is 0 Å². The molecule has 1 fully saturated rings. The molecule has 0 bridgehead atoms. The van der Waals surface area contributed by atoms with E-state index in [4.69, 9.17) is 16.0 Å². The summed E-state index contributed by atoms with van der Waals surface area (Å²) in [5, 5.41) is 4.08. The maximum absolute atomic E-state index is 14.4. The number of benzene rings is 1. The number of furan rings is 1. The number of aryl methyl sites for hydroxylation is 1. The van der Waals surface area contributed by atoms with Crippen LogP contribution in [-0.2, 0) is 13.0 Å². The Hall–Kier alpha value is -0.580. The van der Waals surface area contributed by atoms with Crippen molar-refractivity contribution in [3.05, 3.63) is 32.7 Å². The molecule has 0 atom stereocenters. The highest BCUT2D eigenvalue weighted by Gasteiger charge is 2.24. The average Bonchev–Trinajstić information content (AvgIpc) is 3.17. The number of nitrogens with one attached hydrogen (secondary N) is 1. The van der Waals surface area contributed by atoms with Crippen molar-refractivity contribution < 1.29 is 8.81 Å². The summed E-state index contributed by atoms with van der Waals surface area (Å²) in [5.41, 5.74) is 1.50. The van der Waals surface area contributed by atoms with Crippen LogP contribution >= 0.6 is 27.5 Å². The molecule has 3 rings (SSSR count). The predicted molar refractivity (Wildman–Crippen MR) is 82.7 cm³/mol. The first-order chi connectivity index (χ1) is 9.61. The topological polar surface area (TPSA) is 25.2 Å². The lowest BCUT2D eigenvalue weighted by atomic mass is 10.1. The number of hydrogen-bond acceptors (Lipinski definition) is 2. The highest BCUT2D eigenvalue weighted by Crippen LogP contribution is 2.38. The number of fused-ring (bicyclic) bond motifs is 1. The second-order valence-electron chi connectivity index (χ2n) is 5.27. The summed E-state index contributed by atoms with van der Waals surface area (Å²) >= 11 is 9.36. The Labute approximate surface area is 130 Å². The first-order valence-electron chi connectivity index (χ1n) is 6.93. The number of rotatable bonds is 5. The number of halogens is 3. The molecule has 0 spiro atoms. The molecule has 1 aliphatic rings. The van der Waals surface area contributed by atoms with E-state index in [1.54, 1.807) is 6.07 Å². The molecule has 0 unspecified atom stereocenters. The first-order valence-corrected chi connectivity index (χ1v) is 8.10. The molecule has 2 nitrogen and oxygen atoms in total. The van der Waals surface area contributed by atoms with Gasteiger partial charge in [-0.15, -0.1) is 0 Å². The van der Waals surface area contributed by atoms with Crippen LogP contribution in [0.25, 0.3) is 11.0 Å². The quantitative estimate of drug-likeness (QED) is 0.742. The zero-order chi connectivity index (χ0) is 14.3. The Morgan fingerprint density at radius 2 is 2.25 bits per heavy atom. The molecule has 5 heteroatoms.